The van der Waals surface area contributed by atoms with Crippen LogP contribution in [0.2, 0.25) is 5.02 Å². The molecule has 0 aromatic heterocycles. The Bertz CT molecular complexity index is 893. The summed E-state index contributed by atoms with van der Waals surface area (Å²) in [5.74, 6) is 0.662. The van der Waals surface area contributed by atoms with Crippen molar-refractivity contribution >= 4 is 23.4 Å². The summed E-state index contributed by atoms with van der Waals surface area (Å²) in [5.41, 5.74) is 2.12. The molecule has 1 saturated carbocycles. The Labute approximate surface area is 202 Å². The molecule has 0 aliphatic heterocycles. The van der Waals surface area contributed by atoms with Gasteiger partial charge in [-0.05, 0) is 62.9 Å². The number of aryl methyl sites for hydroxylation is 1. The molecule has 3 rings (SSSR count). The molecule has 2 aromatic carbocycles. The van der Waals surface area contributed by atoms with E-state index in [9.17, 15) is 9.59 Å². The maximum atomic E-state index is 13.2. The fourth-order valence-electron chi connectivity index (χ4n) is 4.13. The van der Waals surface area contributed by atoms with E-state index in [0.29, 0.717) is 31.0 Å². The van der Waals surface area contributed by atoms with Gasteiger partial charge in [0.2, 0.25) is 11.8 Å². The van der Waals surface area contributed by atoms with Crippen LogP contribution >= 0.6 is 11.6 Å². The maximum absolute atomic E-state index is 13.2. The van der Waals surface area contributed by atoms with Crippen LogP contribution in [0.5, 0.6) is 5.75 Å². The van der Waals surface area contributed by atoms with Gasteiger partial charge in [0.15, 0.2) is 0 Å². The summed E-state index contributed by atoms with van der Waals surface area (Å²) in [6.07, 6.45) is 6.45. The van der Waals surface area contributed by atoms with Crippen molar-refractivity contribution in [3.05, 3.63) is 64.7 Å². The second kappa shape index (κ2) is 12.6. The summed E-state index contributed by atoms with van der Waals surface area (Å²) < 4.78 is 5.77. The molecule has 1 atom stereocenters. The van der Waals surface area contributed by atoms with E-state index in [0.717, 1.165) is 37.0 Å². The molecule has 0 heterocycles. The van der Waals surface area contributed by atoms with Crippen molar-refractivity contribution in [3.63, 3.8) is 0 Å². The highest BCUT2D eigenvalue weighted by Gasteiger charge is 2.27. The van der Waals surface area contributed by atoms with Gasteiger partial charge in [0, 0.05) is 24.0 Å². The third kappa shape index (κ3) is 8.08. The van der Waals surface area contributed by atoms with E-state index in [2.05, 4.69) is 5.32 Å². The second-order valence-corrected chi connectivity index (χ2v) is 9.37. The normalized spacial score (nSPS) is 15.0. The molecule has 2 aromatic rings. The van der Waals surface area contributed by atoms with Crippen LogP contribution in [0.15, 0.2) is 48.5 Å². The average Bonchev–Trinajstić information content (AvgIpc) is 2.82. The number of nitrogens with one attached hydrogen (secondary N) is 1. The molecular formula is C27H35ClN2O3. The molecule has 178 valence electrons. The minimum absolute atomic E-state index is 0.0521. The lowest BCUT2D eigenvalue weighted by Crippen LogP contribution is -2.50. The van der Waals surface area contributed by atoms with Gasteiger partial charge in [-0.15, -0.1) is 0 Å². The van der Waals surface area contributed by atoms with E-state index in [1.807, 2.05) is 62.4 Å². The summed E-state index contributed by atoms with van der Waals surface area (Å²) in [4.78, 5) is 27.8. The first-order valence-electron chi connectivity index (χ1n) is 12.0. The molecule has 2 amide bonds. The Morgan fingerprint density at radius 2 is 1.73 bits per heavy atom. The second-order valence-electron chi connectivity index (χ2n) is 8.93. The third-order valence-corrected chi connectivity index (χ3v) is 6.46. The highest BCUT2D eigenvalue weighted by atomic mass is 35.5. The largest absolute Gasteiger partial charge is 0.494 e. The highest BCUT2D eigenvalue weighted by molar-refractivity contribution is 6.30. The van der Waals surface area contributed by atoms with Crippen LogP contribution in [-0.2, 0) is 16.1 Å². The highest BCUT2D eigenvalue weighted by Crippen LogP contribution is 2.19. The average molecular weight is 471 g/mol. The summed E-state index contributed by atoms with van der Waals surface area (Å²) in [6.45, 7) is 4.67. The smallest absolute Gasteiger partial charge is 0.242 e. The van der Waals surface area contributed by atoms with Crippen molar-refractivity contribution in [2.24, 2.45) is 0 Å². The van der Waals surface area contributed by atoms with Gasteiger partial charge in [-0.25, -0.2) is 0 Å². The van der Waals surface area contributed by atoms with Crippen LogP contribution in [0.4, 0.5) is 0 Å². The molecule has 6 heteroatoms. The number of hydrogen-bond donors (Lipinski definition) is 1. The molecule has 1 aliphatic rings. The van der Waals surface area contributed by atoms with E-state index in [4.69, 9.17) is 16.3 Å². The van der Waals surface area contributed by atoms with E-state index in [1.165, 1.54) is 12.0 Å². The molecule has 33 heavy (non-hydrogen) atoms. The monoisotopic (exact) mass is 470 g/mol. The van der Waals surface area contributed by atoms with Crippen LogP contribution in [-0.4, -0.2) is 35.4 Å². The molecular weight excluding hydrogens is 436 g/mol. The van der Waals surface area contributed by atoms with Crippen LogP contribution in [0.1, 0.15) is 63.0 Å². The first-order valence-corrected chi connectivity index (χ1v) is 12.3. The number of halogens is 1. The van der Waals surface area contributed by atoms with Gasteiger partial charge in [-0.3, -0.25) is 9.59 Å². The number of rotatable bonds is 10. The first kappa shape index (κ1) is 25.1. The quantitative estimate of drug-likeness (QED) is 0.455. The zero-order valence-corrected chi connectivity index (χ0v) is 20.4. The lowest BCUT2D eigenvalue weighted by molar-refractivity contribution is -0.141. The minimum Gasteiger partial charge on any atom is -0.494 e. The number of carbonyl (C=O) groups excluding carboxylic acids is 2. The van der Waals surface area contributed by atoms with Crippen molar-refractivity contribution in [2.45, 2.75) is 77.4 Å². The van der Waals surface area contributed by atoms with Crippen molar-refractivity contribution < 1.29 is 14.3 Å². The summed E-state index contributed by atoms with van der Waals surface area (Å²) in [7, 11) is 0. The Hall–Kier alpha value is -2.53. The molecule has 1 N–H and O–H groups in total. The summed E-state index contributed by atoms with van der Waals surface area (Å²) in [5, 5.41) is 3.81. The van der Waals surface area contributed by atoms with E-state index >= 15 is 0 Å². The lowest BCUT2D eigenvalue weighted by Gasteiger charge is -2.31. The molecule has 0 spiro atoms. The molecule has 0 unspecified atom stereocenters. The molecule has 1 aliphatic carbocycles. The van der Waals surface area contributed by atoms with E-state index in [1.54, 1.807) is 4.90 Å². The number of nitrogens with zero attached hydrogens (tertiary/aromatic N) is 1. The Morgan fingerprint density at radius 3 is 2.39 bits per heavy atom. The number of hydrogen-bond acceptors (Lipinski definition) is 3. The fourth-order valence-corrected chi connectivity index (χ4v) is 4.26. The zero-order chi connectivity index (χ0) is 23.6. The fraction of sp³-hybridized carbons (Fsp3) is 0.481. The Kier molecular flexibility index (Phi) is 9.61. The molecule has 1 fully saturated rings. The standard InChI is InChI=1S/C27H35ClN2O3/c1-20-10-16-25(17-11-20)33-18-6-9-26(31)30(19-22-12-14-23(28)15-13-22)21(2)27(32)29-24-7-4-3-5-8-24/h10-17,21,24H,3-9,18-19H2,1-2H3,(H,29,32)/t21-/m1/s1. The van der Waals surface area contributed by atoms with E-state index in [-0.39, 0.29) is 17.9 Å². The summed E-state index contributed by atoms with van der Waals surface area (Å²) >= 11 is 6.02. The first-order chi connectivity index (χ1) is 15.9. The minimum atomic E-state index is -0.548. The van der Waals surface area contributed by atoms with Gasteiger partial charge in [-0.2, -0.15) is 0 Å². The van der Waals surface area contributed by atoms with Crippen molar-refractivity contribution in [3.8, 4) is 5.75 Å². The van der Waals surface area contributed by atoms with Gasteiger partial charge in [-0.1, -0.05) is 60.7 Å². The van der Waals surface area contributed by atoms with Gasteiger partial charge >= 0.3 is 0 Å². The molecule has 0 radical (unpaired) electrons. The van der Waals surface area contributed by atoms with Gasteiger partial charge in [0.1, 0.15) is 11.8 Å². The van der Waals surface area contributed by atoms with E-state index < -0.39 is 6.04 Å². The summed E-state index contributed by atoms with van der Waals surface area (Å²) in [6, 6.07) is 14.9. The van der Waals surface area contributed by atoms with Crippen LogP contribution in [0, 0.1) is 6.92 Å². The van der Waals surface area contributed by atoms with Gasteiger partial charge in [0.05, 0.1) is 6.61 Å². The van der Waals surface area contributed by atoms with Gasteiger partial charge < -0.3 is 15.0 Å². The number of benzene rings is 2. The Morgan fingerprint density at radius 1 is 1.06 bits per heavy atom. The molecule has 0 bridgehead atoms. The number of ether oxygens (including phenoxy) is 1. The van der Waals surface area contributed by atoms with Gasteiger partial charge in [0.25, 0.3) is 0 Å². The number of amides is 2. The molecule has 5 nitrogen and oxygen atoms in total. The lowest BCUT2D eigenvalue weighted by atomic mass is 9.95. The Balaban J connectivity index is 1.59. The van der Waals surface area contributed by atoms with Crippen LogP contribution < -0.4 is 10.1 Å². The van der Waals surface area contributed by atoms with Crippen molar-refractivity contribution in [1.29, 1.82) is 0 Å². The van der Waals surface area contributed by atoms with Crippen LogP contribution in [0.25, 0.3) is 0 Å². The SMILES string of the molecule is Cc1ccc(OCCCC(=O)N(Cc2ccc(Cl)cc2)[C@H](C)C(=O)NC2CCCCC2)cc1. The topological polar surface area (TPSA) is 58.6 Å². The zero-order valence-electron chi connectivity index (χ0n) is 19.7. The predicted molar refractivity (Wildman–Crippen MR) is 132 cm³/mol. The molecule has 0 saturated heterocycles. The third-order valence-electron chi connectivity index (χ3n) is 6.21. The number of carbonyl (C=O) groups is 2. The van der Waals surface area contributed by atoms with Crippen molar-refractivity contribution in [2.75, 3.05) is 6.61 Å². The van der Waals surface area contributed by atoms with Crippen LogP contribution in [0.3, 0.4) is 0 Å². The predicted octanol–water partition coefficient (Wildman–Crippen LogP) is 5.67. The van der Waals surface area contributed by atoms with Crippen molar-refractivity contribution in [1.82, 2.24) is 10.2 Å². The maximum Gasteiger partial charge on any atom is 0.242 e.